The van der Waals surface area contributed by atoms with Gasteiger partial charge < -0.3 is 25.1 Å². The summed E-state index contributed by atoms with van der Waals surface area (Å²) in [6.45, 7) is 0.855. The Balaban J connectivity index is 1.65. The highest BCUT2D eigenvalue weighted by Gasteiger charge is 2.40. The number of hydrogen-bond donors (Lipinski definition) is 2. The molecule has 0 radical (unpaired) electrons. The van der Waals surface area contributed by atoms with Crippen LogP contribution in [0.4, 0.5) is 25.1 Å². The van der Waals surface area contributed by atoms with Gasteiger partial charge in [0.1, 0.15) is 30.3 Å². The molecule has 1 aromatic heterocycles. The predicted molar refractivity (Wildman–Crippen MR) is 112 cm³/mol. The number of halogens is 2. The number of anilines is 2. The molecule has 0 aliphatic carbocycles. The van der Waals surface area contributed by atoms with Crippen molar-refractivity contribution < 1.29 is 27.8 Å². The van der Waals surface area contributed by atoms with Crippen LogP contribution in [0.5, 0.6) is 5.75 Å². The maximum atomic E-state index is 13.4. The van der Waals surface area contributed by atoms with Gasteiger partial charge in [-0.15, -0.1) is 0 Å². The number of aromatic nitrogens is 2. The molecule has 166 valence electrons. The average molecular weight is 453 g/mol. The van der Waals surface area contributed by atoms with Crippen LogP contribution in [0.25, 0.3) is 11.4 Å². The summed E-state index contributed by atoms with van der Waals surface area (Å²) in [5.74, 6) is 0.679. The second-order valence-corrected chi connectivity index (χ2v) is 8.05. The molecule has 2 atom stereocenters. The molecule has 9 nitrogen and oxygen atoms in total. The van der Waals surface area contributed by atoms with Crippen LogP contribution in [-0.4, -0.2) is 65.3 Å². The van der Waals surface area contributed by atoms with Crippen molar-refractivity contribution in [1.29, 1.82) is 0 Å². The summed E-state index contributed by atoms with van der Waals surface area (Å²) in [4.78, 5) is 29.3. The van der Waals surface area contributed by atoms with E-state index in [4.69, 9.17) is 15.2 Å². The van der Waals surface area contributed by atoms with Gasteiger partial charge in [0.25, 0.3) is 11.7 Å². The Labute approximate surface area is 180 Å². The van der Waals surface area contributed by atoms with Gasteiger partial charge in [0, 0.05) is 30.8 Å². The normalized spacial score (nSPS) is 18.9. The number of rotatable bonds is 7. The number of amides is 2. The number of imidazole rings is 1. The standard InChI is InChI=1S/C19H21F2N5O4S/c1-29-8-12(17(22)27)23-10-2-3-11-14(6-10)30-5-4-25-7-15(24-18(11)25)26-13(16(20)21)9-31-19(26)28/h2-3,6-7,12-13,16,23H,4-5,8-9H2,1H3,(H2,22,27)/t12?,13-/m0/s1. The van der Waals surface area contributed by atoms with E-state index in [2.05, 4.69) is 10.3 Å². The van der Waals surface area contributed by atoms with E-state index in [0.29, 0.717) is 36.0 Å². The fourth-order valence-electron chi connectivity index (χ4n) is 3.52. The molecule has 2 aromatic rings. The lowest BCUT2D eigenvalue weighted by molar-refractivity contribution is -0.119. The van der Waals surface area contributed by atoms with E-state index >= 15 is 0 Å². The summed E-state index contributed by atoms with van der Waals surface area (Å²) in [6.07, 6.45) is -1.06. The molecule has 2 aliphatic rings. The molecule has 4 rings (SSSR count). The van der Waals surface area contributed by atoms with Crippen molar-refractivity contribution in [3.8, 4) is 17.1 Å². The zero-order chi connectivity index (χ0) is 22.1. The maximum Gasteiger partial charge on any atom is 0.287 e. The topological polar surface area (TPSA) is 112 Å². The molecule has 1 unspecified atom stereocenters. The van der Waals surface area contributed by atoms with Crippen LogP contribution in [0.1, 0.15) is 0 Å². The number of nitrogens with zero attached hydrogens (tertiary/aromatic N) is 3. The van der Waals surface area contributed by atoms with Gasteiger partial charge in [-0.2, -0.15) is 0 Å². The van der Waals surface area contributed by atoms with Crippen LogP contribution < -0.4 is 20.7 Å². The van der Waals surface area contributed by atoms with Crippen molar-refractivity contribution in [2.75, 3.05) is 36.3 Å². The Bertz CT molecular complexity index is 1000. The summed E-state index contributed by atoms with van der Waals surface area (Å²) in [5.41, 5.74) is 6.63. The Kier molecular flexibility index (Phi) is 6.01. The molecule has 3 N–H and O–H groups in total. The highest BCUT2D eigenvalue weighted by molar-refractivity contribution is 8.14. The molecule has 0 saturated carbocycles. The molecule has 3 heterocycles. The van der Waals surface area contributed by atoms with Crippen molar-refractivity contribution in [3.05, 3.63) is 24.4 Å². The molecular formula is C19H21F2N5O4S. The Morgan fingerprint density at radius 1 is 1.48 bits per heavy atom. The first-order chi connectivity index (χ1) is 14.9. The zero-order valence-electron chi connectivity index (χ0n) is 16.6. The lowest BCUT2D eigenvalue weighted by Crippen LogP contribution is -2.39. The molecular weight excluding hydrogens is 432 g/mol. The van der Waals surface area contributed by atoms with Crippen molar-refractivity contribution in [3.63, 3.8) is 0 Å². The van der Waals surface area contributed by atoms with Crippen LogP contribution in [0.3, 0.4) is 0 Å². The summed E-state index contributed by atoms with van der Waals surface area (Å²) in [6, 6.07) is 3.28. The lowest BCUT2D eigenvalue weighted by Gasteiger charge is -2.20. The number of thioether (sulfide) groups is 1. The van der Waals surface area contributed by atoms with E-state index in [1.165, 1.54) is 7.11 Å². The van der Waals surface area contributed by atoms with E-state index in [-0.39, 0.29) is 18.2 Å². The molecule has 31 heavy (non-hydrogen) atoms. The first kappa shape index (κ1) is 21.4. The summed E-state index contributed by atoms with van der Waals surface area (Å²) in [7, 11) is 1.47. The molecule has 12 heteroatoms. The number of methoxy groups -OCH3 is 1. The van der Waals surface area contributed by atoms with Crippen molar-refractivity contribution >= 4 is 34.4 Å². The number of carbonyl (C=O) groups is 2. The van der Waals surface area contributed by atoms with Gasteiger partial charge in [-0.3, -0.25) is 14.5 Å². The first-order valence-corrected chi connectivity index (χ1v) is 10.5. The van der Waals surface area contributed by atoms with E-state index < -0.39 is 29.7 Å². The van der Waals surface area contributed by atoms with Gasteiger partial charge in [0.2, 0.25) is 5.91 Å². The van der Waals surface area contributed by atoms with E-state index in [1.54, 1.807) is 29.0 Å². The van der Waals surface area contributed by atoms with Crippen molar-refractivity contribution in [2.24, 2.45) is 5.73 Å². The monoisotopic (exact) mass is 453 g/mol. The molecule has 0 bridgehead atoms. The largest absolute Gasteiger partial charge is 0.491 e. The number of nitrogens with two attached hydrogens (primary N) is 1. The fraction of sp³-hybridized carbons (Fsp3) is 0.421. The first-order valence-electron chi connectivity index (χ1n) is 9.52. The number of ether oxygens (including phenoxy) is 2. The van der Waals surface area contributed by atoms with E-state index in [1.807, 2.05) is 0 Å². The van der Waals surface area contributed by atoms with Gasteiger partial charge in [0.05, 0.1) is 18.7 Å². The van der Waals surface area contributed by atoms with Crippen molar-refractivity contribution in [1.82, 2.24) is 9.55 Å². The molecule has 1 saturated heterocycles. The van der Waals surface area contributed by atoms with E-state index in [0.717, 1.165) is 16.7 Å². The highest BCUT2D eigenvalue weighted by atomic mass is 32.2. The zero-order valence-corrected chi connectivity index (χ0v) is 17.4. The molecule has 0 spiro atoms. The predicted octanol–water partition coefficient (Wildman–Crippen LogP) is 2.16. The van der Waals surface area contributed by atoms with Crippen LogP contribution in [-0.2, 0) is 16.1 Å². The second-order valence-electron chi connectivity index (χ2n) is 7.08. The number of alkyl halides is 2. The number of fused-ring (bicyclic) bond motifs is 3. The number of primary amides is 1. The number of carbonyl (C=O) groups excluding carboxylic acids is 2. The van der Waals surface area contributed by atoms with Crippen molar-refractivity contribution in [2.45, 2.75) is 25.1 Å². The van der Waals surface area contributed by atoms with Crippen LogP contribution in [0.15, 0.2) is 24.4 Å². The van der Waals surface area contributed by atoms with Gasteiger partial charge in [-0.1, -0.05) is 11.8 Å². The summed E-state index contributed by atoms with van der Waals surface area (Å²) in [5, 5.41) is 2.56. The molecule has 1 aromatic carbocycles. The summed E-state index contributed by atoms with van der Waals surface area (Å²) >= 11 is 0.863. The highest BCUT2D eigenvalue weighted by Crippen LogP contribution is 2.38. The Morgan fingerprint density at radius 3 is 3.00 bits per heavy atom. The number of hydrogen-bond acceptors (Lipinski definition) is 7. The quantitative estimate of drug-likeness (QED) is 0.661. The number of benzene rings is 1. The third-order valence-corrected chi connectivity index (χ3v) is 5.99. The lowest BCUT2D eigenvalue weighted by atomic mass is 10.1. The minimum Gasteiger partial charge on any atom is -0.491 e. The fourth-order valence-corrected chi connectivity index (χ4v) is 4.50. The second kappa shape index (κ2) is 8.71. The van der Waals surface area contributed by atoms with Crippen LogP contribution in [0.2, 0.25) is 0 Å². The van der Waals surface area contributed by atoms with E-state index in [9.17, 15) is 18.4 Å². The van der Waals surface area contributed by atoms with Gasteiger partial charge in [0.15, 0.2) is 5.82 Å². The van der Waals surface area contributed by atoms with Crippen LogP contribution in [0, 0.1) is 0 Å². The smallest absolute Gasteiger partial charge is 0.287 e. The van der Waals surface area contributed by atoms with Gasteiger partial charge >= 0.3 is 0 Å². The SMILES string of the molecule is COCC(Nc1ccc2c(c1)OCCn1cc(N3C(=O)SC[C@H]3C(F)F)nc1-2)C(N)=O. The molecule has 1 fully saturated rings. The van der Waals surface area contributed by atoms with Gasteiger partial charge in [-0.05, 0) is 12.1 Å². The van der Waals surface area contributed by atoms with Crippen LogP contribution >= 0.6 is 11.8 Å². The Morgan fingerprint density at radius 2 is 2.29 bits per heavy atom. The average Bonchev–Trinajstić information content (AvgIpc) is 3.27. The minimum absolute atomic E-state index is 0.0237. The molecule has 2 amide bonds. The third kappa shape index (κ3) is 4.17. The van der Waals surface area contributed by atoms with Gasteiger partial charge in [-0.25, -0.2) is 13.8 Å². The third-order valence-electron chi connectivity index (χ3n) is 5.04. The maximum absolute atomic E-state index is 13.4. The summed E-state index contributed by atoms with van der Waals surface area (Å²) < 4.78 is 39.4. The minimum atomic E-state index is -2.66. The number of nitrogens with one attached hydrogen (secondary N) is 1. The Hall–Kier alpha value is -2.86. The molecule has 2 aliphatic heterocycles.